The van der Waals surface area contributed by atoms with Gasteiger partial charge in [-0.05, 0) is 25.6 Å². The molecule has 1 saturated heterocycles. The zero-order chi connectivity index (χ0) is 13.7. The molecule has 0 aliphatic carbocycles. The highest BCUT2D eigenvalue weighted by Gasteiger charge is 2.34. The number of hydrogen-bond acceptors (Lipinski definition) is 4. The molecule has 1 fully saturated rings. The van der Waals surface area contributed by atoms with E-state index in [-0.39, 0.29) is 17.7 Å². The molecule has 0 spiro atoms. The van der Waals surface area contributed by atoms with Gasteiger partial charge in [0.25, 0.3) is 0 Å². The number of ether oxygens (including phenoxy) is 2. The summed E-state index contributed by atoms with van der Waals surface area (Å²) < 4.78 is 11.1. The van der Waals surface area contributed by atoms with Gasteiger partial charge in [-0.1, -0.05) is 19.1 Å². The third-order valence-corrected chi connectivity index (χ3v) is 3.40. The summed E-state index contributed by atoms with van der Waals surface area (Å²) >= 11 is 0. The van der Waals surface area contributed by atoms with E-state index in [4.69, 9.17) is 9.47 Å². The van der Waals surface area contributed by atoms with Crippen LogP contribution in [0.2, 0.25) is 0 Å². The molecule has 1 heterocycles. The fourth-order valence-corrected chi connectivity index (χ4v) is 2.31. The van der Waals surface area contributed by atoms with Crippen molar-refractivity contribution >= 4 is 5.78 Å². The lowest BCUT2D eigenvalue weighted by Gasteiger charge is -2.17. The van der Waals surface area contributed by atoms with E-state index >= 15 is 0 Å². The summed E-state index contributed by atoms with van der Waals surface area (Å²) in [6.45, 7) is 3.74. The molecule has 0 aromatic heterocycles. The minimum absolute atomic E-state index is 0.0896. The van der Waals surface area contributed by atoms with Crippen LogP contribution in [0.3, 0.4) is 0 Å². The summed E-state index contributed by atoms with van der Waals surface area (Å²) in [7, 11) is 1.86. The minimum atomic E-state index is -0.128. The second kappa shape index (κ2) is 6.68. The van der Waals surface area contributed by atoms with Crippen LogP contribution in [-0.2, 0) is 4.74 Å². The van der Waals surface area contributed by atoms with Gasteiger partial charge in [-0.25, -0.2) is 0 Å². The van der Waals surface area contributed by atoms with Crippen LogP contribution in [-0.4, -0.2) is 38.7 Å². The van der Waals surface area contributed by atoms with Crippen molar-refractivity contribution in [3.63, 3.8) is 0 Å². The van der Waals surface area contributed by atoms with E-state index in [1.807, 2.05) is 38.2 Å². The Kier molecular flexibility index (Phi) is 4.93. The third-order valence-electron chi connectivity index (χ3n) is 3.40. The summed E-state index contributed by atoms with van der Waals surface area (Å²) in [5, 5.41) is 3.14. The first kappa shape index (κ1) is 14.0. The summed E-state index contributed by atoms with van der Waals surface area (Å²) in [5.74, 6) is 0.649. The van der Waals surface area contributed by atoms with E-state index in [1.165, 1.54) is 0 Å². The number of benzene rings is 1. The number of hydrogen-bond donors (Lipinski definition) is 1. The van der Waals surface area contributed by atoms with E-state index in [9.17, 15) is 4.79 Å². The Morgan fingerprint density at radius 2 is 2.21 bits per heavy atom. The van der Waals surface area contributed by atoms with Crippen LogP contribution in [0.15, 0.2) is 24.3 Å². The first-order chi connectivity index (χ1) is 9.27. The van der Waals surface area contributed by atoms with Crippen LogP contribution in [0.1, 0.15) is 23.7 Å². The molecule has 0 amide bonds. The van der Waals surface area contributed by atoms with Crippen LogP contribution in [0, 0.1) is 5.92 Å². The quantitative estimate of drug-likeness (QED) is 0.796. The molecular weight excluding hydrogens is 242 g/mol. The van der Waals surface area contributed by atoms with Crippen LogP contribution >= 0.6 is 0 Å². The van der Waals surface area contributed by atoms with Gasteiger partial charge in [-0.15, -0.1) is 0 Å². The van der Waals surface area contributed by atoms with Gasteiger partial charge >= 0.3 is 0 Å². The summed E-state index contributed by atoms with van der Waals surface area (Å²) in [6, 6.07) is 7.54. The summed E-state index contributed by atoms with van der Waals surface area (Å²) in [6.07, 6.45) is 0.925. The fourth-order valence-electron chi connectivity index (χ4n) is 2.31. The van der Waals surface area contributed by atoms with Gasteiger partial charge in [0, 0.05) is 6.04 Å². The zero-order valence-corrected chi connectivity index (χ0v) is 11.5. The van der Waals surface area contributed by atoms with Crippen molar-refractivity contribution in [2.24, 2.45) is 5.92 Å². The summed E-state index contributed by atoms with van der Waals surface area (Å²) in [4.78, 5) is 12.6. The predicted octanol–water partition coefficient (Wildman–Crippen LogP) is 1.89. The van der Waals surface area contributed by atoms with Gasteiger partial charge in [0.05, 0.1) is 31.3 Å². The monoisotopic (exact) mass is 263 g/mol. The Labute approximate surface area is 114 Å². The molecule has 1 aromatic rings. The molecule has 1 aromatic carbocycles. The SMILES string of the molecule is CCCOc1ccccc1C(=O)C1COCC1NC. The second-order valence-corrected chi connectivity index (χ2v) is 4.75. The van der Waals surface area contributed by atoms with Crippen molar-refractivity contribution in [1.29, 1.82) is 0 Å². The van der Waals surface area contributed by atoms with Gasteiger partial charge in [-0.3, -0.25) is 4.79 Å². The first-order valence-corrected chi connectivity index (χ1v) is 6.79. The van der Waals surface area contributed by atoms with Crippen molar-refractivity contribution in [1.82, 2.24) is 5.32 Å². The number of likely N-dealkylation sites (N-methyl/N-ethyl adjacent to an activating group) is 1. The second-order valence-electron chi connectivity index (χ2n) is 4.75. The number of carbonyl (C=O) groups excluding carboxylic acids is 1. The highest BCUT2D eigenvalue weighted by Crippen LogP contribution is 2.25. The summed E-state index contributed by atoms with van der Waals surface area (Å²) in [5.41, 5.74) is 0.659. The standard InChI is InChI=1S/C15H21NO3/c1-3-8-19-14-7-5-4-6-11(14)15(17)12-9-18-10-13(12)16-2/h4-7,12-13,16H,3,8-10H2,1-2H3. The molecule has 1 aliphatic heterocycles. The van der Waals surface area contributed by atoms with Gasteiger partial charge in [-0.2, -0.15) is 0 Å². The molecule has 104 valence electrons. The fraction of sp³-hybridized carbons (Fsp3) is 0.533. The van der Waals surface area contributed by atoms with Crippen LogP contribution in [0.25, 0.3) is 0 Å². The molecule has 0 saturated carbocycles. The number of nitrogens with one attached hydrogen (secondary N) is 1. The lowest BCUT2D eigenvalue weighted by Crippen LogP contribution is -2.37. The molecule has 4 nitrogen and oxygen atoms in total. The predicted molar refractivity (Wildman–Crippen MR) is 73.7 cm³/mol. The molecule has 2 rings (SSSR count). The molecular formula is C15H21NO3. The maximum atomic E-state index is 12.6. The Morgan fingerprint density at radius 1 is 1.42 bits per heavy atom. The molecule has 1 aliphatic rings. The average Bonchev–Trinajstić information content (AvgIpc) is 2.93. The molecule has 0 bridgehead atoms. The first-order valence-electron chi connectivity index (χ1n) is 6.79. The molecule has 19 heavy (non-hydrogen) atoms. The number of rotatable bonds is 6. The van der Waals surface area contributed by atoms with Crippen LogP contribution < -0.4 is 10.1 Å². The molecule has 4 heteroatoms. The number of para-hydroxylation sites is 1. The van der Waals surface area contributed by atoms with Crippen molar-refractivity contribution in [2.45, 2.75) is 19.4 Å². The number of Topliss-reactive ketones (excluding diaryl/α,β-unsaturated/α-hetero) is 1. The zero-order valence-electron chi connectivity index (χ0n) is 11.5. The van der Waals surface area contributed by atoms with Gasteiger partial charge < -0.3 is 14.8 Å². The Balaban J connectivity index is 2.18. The lowest BCUT2D eigenvalue weighted by molar-refractivity contribution is 0.0888. The molecule has 2 atom stereocenters. The highest BCUT2D eigenvalue weighted by molar-refractivity contribution is 6.01. The third kappa shape index (κ3) is 3.14. The van der Waals surface area contributed by atoms with Crippen LogP contribution in [0.4, 0.5) is 0 Å². The smallest absolute Gasteiger partial charge is 0.173 e. The highest BCUT2D eigenvalue weighted by atomic mass is 16.5. The van der Waals surface area contributed by atoms with Gasteiger partial charge in [0.2, 0.25) is 0 Å². The van der Waals surface area contributed by atoms with Crippen molar-refractivity contribution in [2.75, 3.05) is 26.9 Å². The Hall–Kier alpha value is -1.39. The topological polar surface area (TPSA) is 47.6 Å². The van der Waals surface area contributed by atoms with E-state index in [0.29, 0.717) is 31.1 Å². The average molecular weight is 263 g/mol. The van der Waals surface area contributed by atoms with Gasteiger partial charge in [0.15, 0.2) is 5.78 Å². The van der Waals surface area contributed by atoms with Gasteiger partial charge in [0.1, 0.15) is 5.75 Å². The minimum Gasteiger partial charge on any atom is -0.493 e. The number of ketones is 1. The van der Waals surface area contributed by atoms with Crippen molar-refractivity contribution in [3.05, 3.63) is 29.8 Å². The van der Waals surface area contributed by atoms with Crippen molar-refractivity contribution < 1.29 is 14.3 Å². The number of carbonyl (C=O) groups is 1. The van der Waals surface area contributed by atoms with E-state index < -0.39 is 0 Å². The van der Waals surface area contributed by atoms with E-state index in [0.717, 1.165) is 6.42 Å². The molecule has 0 radical (unpaired) electrons. The maximum Gasteiger partial charge on any atom is 0.173 e. The molecule has 2 unspecified atom stereocenters. The maximum absolute atomic E-state index is 12.6. The Bertz CT molecular complexity index is 433. The largest absolute Gasteiger partial charge is 0.493 e. The normalized spacial score (nSPS) is 22.4. The van der Waals surface area contributed by atoms with E-state index in [2.05, 4.69) is 5.32 Å². The van der Waals surface area contributed by atoms with Crippen molar-refractivity contribution in [3.8, 4) is 5.75 Å². The Morgan fingerprint density at radius 3 is 2.95 bits per heavy atom. The van der Waals surface area contributed by atoms with Crippen LogP contribution in [0.5, 0.6) is 5.75 Å². The molecule has 1 N–H and O–H groups in total. The lowest BCUT2D eigenvalue weighted by atomic mass is 9.93. The van der Waals surface area contributed by atoms with E-state index in [1.54, 1.807) is 0 Å².